The van der Waals surface area contributed by atoms with E-state index in [2.05, 4.69) is 41.5 Å². The molecule has 2 rings (SSSR count). The lowest BCUT2D eigenvalue weighted by atomic mass is 10.1. The molecule has 21 heavy (non-hydrogen) atoms. The Bertz CT molecular complexity index is 438. The maximum atomic E-state index is 12.2. The summed E-state index contributed by atoms with van der Waals surface area (Å²) in [5.74, 6) is 0.0759. The molecule has 0 saturated carbocycles. The van der Waals surface area contributed by atoms with Gasteiger partial charge < -0.3 is 10.6 Å². The molecule has 1 fully saturated rings. The number of aryl methyl sites for hydroxylation is 1. The van der Waals surface area contributed by atoms with Crippen LogP contribution in [-0.2, 0) is 11.2 Å². The molecular weight excluding hydrogens is 262 g/mol. The summed E-state index contributed by atoms with van der Waals surface area (Å²) in [6, 6.07) is 8.68. The van der Waals surface area contributed by atoms with Gasteiger partial charge in [-0.2, -0.15) is 0 Å². The van der Waals surface area contributed by atoms with Crippen LogP contribution < -0.4 is 10.6 Å². The van der Waals surface area contributed by atoms with Crippen LogP contribution in [-0.4, -0.2) is 43.0 Å². The molecule has 1 aromatic rings. The van der Waals surface area contributed by atoms with E-state index in [0.29, 0.717) is 12.6 Å². The maximum absolute atomic E-state index is 12.2. The molecule has 0 aliphatic carbocycles. The zero-order valence-electron chi connectivity index (χ0n) is 13.2. The first-order valence-corrected chi connectivity index (χ1v) is 8.06. The number of carbonyl (C=O) groups is 1. The van der Waals surface area contributed by atoms with Crippen molar-refractivity contribution in [3.05, 3.63) is 29.8 Å². The summed E-state index contributed by atoms with van der Waals surface area (Å²) in [7, 11) is 0. The number of hydrogen-bond acceptors (Lipinski definition) is 3. The Morgan fingerprint density at radius 3 is 2.67 bits per heavy atom. The normalized spacial score (nSPS) is 18.1. The van der Waals surface area contributed by atoms with Crippen LogP contribution in [0.25, 0.3) is 0 Å². The van der Waals surface area contributed by atoms with Crippen molar-refractivity contribution in [3.8, 4) is 0 Å². The Hall–Kier alpha value is -1.39. The van der Waals surface area contributed by atoms with Gasteiger partial charge in [0.25, 0.3) is 0 Å². The molecule has 0 aromatic heterocycles. The lowest BCUT2D eigenvalue weighted by Gasteiger charge is -2.26. The molecule has 116 valence electrons. The Morgan fingerprint density at radius 2 is 2.10 bits per heavy atom. The van der Waals surface area contributed by atoms with Gasteiger partial charge in [0.1, 0.15) is 0 Å². The standard InChI is InChI=1S/C17H27N3O/c1-3-5-14-6-8-15(9-7-14)19-17(21)13-20(4-2)16-10-11-18-12-16/h6-9,16,18H,3-5,10-13H2,1-2H3,(H,19,21). The van der Waals surface area contributed by atoms with Gasteiger partial charge in [-0.05, 0) is 43.6 Å². The van der Waals surface area contributed by atoms with Crippen LogP contribution in [0.1, 0.15) is 32.3 Å². The number of likely N-dealkylation sites (N-methyl/N-ethyl adjacent to an activating group) is 1. The summed E-state index contributed by atoms with van der Waals surface area (Å²) in [6.07, 6.45) is 3.37. The van der Waals surface area contributed by atoms with Gasteiger partial charge >= 0.3 is 0 Å². The number of anilines is 1. The van der Waals surface area contributed by atoms with E-state index < -0.39 is 0 Å². The van der Waals surface area contributed by atoms with Gasteiger partial charge in [-0.1, -0.05) is 32.4 Å². The number of nitrogens with zero attached hydrogens (tertiary/aromatic N) is 1. The van der Waals surface area contributed by atoms with Gasteiger partial charge in [-0.15, -0.1) is 0 Å². The molecular formula is C17H27N3O. The Labute approximate surface area is 127 Å². The summed E-state index contributed by atoms with van der Waals surface area (Å²) >= 11 is 0. The molecule has 0 spiro atoms. The van der Waals surface area contributed by atoms with Crippen LogP contribution in [0.3, 0.4) is 0 Å². The van der Waals surface area contributed by atoms with E-state index in [1.807, 2.05) is 12.1 Å². The number of nitrogens with one attached hydrogen (secondary N) is 2. The molecule has 1 unspecified atom stereocenters. The summed E-state index contributed by atoms with van der Waals surface area (Å²) in [5, 5.41) is 6.35. The summed E-state index contributed by atoms with van der Waals surface area (Å²) in [6.45, 7) is 7.72. The fraction of sp³-hybridized carbons (Fsp3) is 0.588. The number of amides is 1. The molecule has 0 radical (unpaired) electrons. The predicted molar refractivity (Wildman–Crippen MR) is 87.6 cm³/mol. The summed E-state index contributed by atoms with van der Waals surface area (Å²) in [4.78, 5) is 14.4. The second-order valence-corrected chi connectivity index (χ2v) is 5.70. The lowest BCUT2D eigenvalue weighted by Crippen LogP contribution is -2.41. The quantitative estimate of drug-likeness (QED) is 0.809. The molecule has 2 N–H and O–H groups in total. The average molecular weight is 289 g/mol. The molecule has 1 heterocycles. The SMILES string of the molecule is CCCc1ccc(NC(=O)CN(CC)C2CCNC2)cc1. The van der Waals surface area contributed by atoms with E-state index in [1.54, 1.807) is 0 Å². The molecule has 0 bridgehead atoms. The molecule has 1 aliphatic rings. The van der Waals surface area contributed by atoms with Gasteiger partial charge in [-0.25, -0.2) is 0 Å². The third-order valence-corrected chi connectivity index (χ3v) is 4.08. The van der Waals surface area contributed by atoms with Crippen molar-refractivity contribution < 1.29 is 4.79 Å². The molecule has 4 nitrogen and oxygen atoms in total. The predicted octanol–water partition coefficient (Wildman–Crippen LogP) is 2.26. The van der Waals surface area contributed by atoms with Crippen LogP contribution in [0.5, 0.6) is 0 Å². The monoisotopic (exact) mass is 289 g/mol. The fourth-order valence-electron chi connectivity index (χ4n) is 2.88. The smallest absolute Gasteiger partial charge is 0.238 e. The van der Waals surface area contributed by atoms with Crippen molar-refractivity contribution in [1.29, 1.82) is 0 Å². The molecule has 1 saturated heterocycles. The van der Waals surface area contributed by atoms with Gasteiger partial charge in [-0.3, -0.25) is 9.69 Å². The van der Waals surface area contributed by atoms with E-state index in [9.17, 15) is 4.79 Å². The third-order valence-electron chi connectivity index (χ3n) is 4.08. The van der Waals surface area contributed by atoms with Crippen molar-refractivity contribution in [3.63, 3.8) is 0 Å². The van der Waals surface area contributed by atoms with Crippen molar-refractivity contribution >= 4 is 11.6 Å². The first kappa shape index (κ1) is 16.0. The van der Waals surface area contributed by atoms with E-state index in [4.69, 9.17) is 0 Å². The van der Waals surface area contributed by atoms with Crippen molar-refractivity contribution in [2.24, 2.45) is 0 Å². The minimum Gasteiger partial charge on any atom is -0.325 e. The summed E-state index contributed by atoms with van der Waals surface area (Å²) in [5.41, 5.74) is 2.21. The highest BCUT2D eigenvalue weighted by molar-refractivity contribution is 5.92. The van der Waals surface area contributed by atoms with Crippen LogP contribution in [0.4, 0.5) is 5.69 Å². The molecule has 1 aromatic carbocycles. The van der Waals surface area contributed by atoms with E-state index in [0.717, 1.165) is 44.6 Å². The van der Waals surface area contributed by atoms with Gasteiger partial charge in [0.15, 0.2) is 0 Å². The van der Waals surface area contributed by atoms with Crippen LogP contribution >= 0.6 is 0 Å². The molecule has 4 heteroatoms. The van der Waals surface area contributed by atoms with Gasteiger partial charge in [0.2, 0.25) is 5.91 Å². The highest BCUT2D eigenvalue weighted by atomic mass is 16.2. The Balaban J connectivity index is 1.85. The number of hydrogen-bond donors (Lipinski definition) is 2. The Kier molecular flexibility index (Phi) is 6.21. The van der Waals surface area contributed by atoms with Crippen LogP contribution in [0.2, 0.25) is 0 Å². The van der Waals surface area contributed by atoms with Crippen molar-refractivity contribution in [1.82, 2.24) is 10.2 Å². The second-order valence-electron chi connectivity index (χ2n) is 5.70. The van der Waals surface area contributed by atoms with Crippen LogP contribution in [0.15, 0.2) is 24.3 Å². The molecule has 1 aliphatic heterocycles. The number of rotatable bonds is 7. The largest absolute Gasteiger partial charge is 0.325 e. The first-order chi connectivity index (χ1) is 10.2. The number of carbonyl (C=O) groups excluding carboxylic acids is 1. The second kappa shape index (κ2) is 8.15. The topological polar surface area (TPSA) is 44.4 Å². The highest BCUT2D eigenvalue weighted by Crippen LogP contribution is 2.12. The lowest BCUT2D eigenvalue weighted by molar-refractivity contribution is -0.117. The zero-order chi connectivity index (χ0) is 15.1. The molecule has 1 amide bonds. The third kappa shape index (κ3) is 4.83. The van der Waals surface area contributed by atoms with Crippen LogP contribution in [0, 0.1) is 0 Å². The van der Waals surface area contributed by atoms with E-state index >= 15 is 0 Å². The number of benzene rings is 1. The van der Waals surface area contributed by atoms with Gasteiger partial charge in [0.05, 0.1) is 6.54 Å². The van der Waals surface area contributed by atoms with Crippen molar-refractivity contribution in [2.75, 3.05) is 31.5 Å². The minimum atomic E-state index is 0.0759. The van der Waals surface area contributed by atoms with E-state index in [1.165, 1.54) is 5.56 Å². The van der Waals surface area contributed by atoms with Gasteiger partial charge in [0, 0.05) is 18.3 Å². The fourth-order valence-corrected chi connectivity index (χ4v) is 2.88. The van der Waals surface area contributed by atoms with Crippen molar-refractivity contribution in [2.45, 2.75) is 39.2 Å². The average Bonchev–Trinajstić information content (AvgIpc) is 3.01. The minimum absolute atomic E-state index is 0.0759. The molecule has 1 atom stereocenters. The maximum Gasteiger partial charge on any atom is 0.238 e. The Morgan fingerprint density at radius 1 is 1.33 bits per heavy atom. The first-order valence-electron chi connectivity index (χ1n) is 8.06. The summed E-state index contributed by atoms with van der Waals surface area (Å²) < 4.78 is 0. The zero-order valence-corrected chi connectivity index (χ0v) is 13.2. The highest BCUT2D eigenvalue weighted by Gasteiger charge is 2.22. The van der Waals surface area contributed by atoms with E-state index in [-0.39, 0.29) is 5.91 Å².